The smallest absolute Gasteiger partial charge is 0.333 e. The lowest BCUT2D eigenvalue weighted by molar-refractivity contribution is -0.170. The first-order valence-electron chi connectivity index (χ1n) is 7.88. The molecule has 5 atom stereocenters. The van der Waals surface area contributed by atoms with E-state index in [2.05, 4.69) is 5.32 Å². The first kappa shape index (κ1) is 20.6. The summed E-state index contributed by atoms with van der Waals surface area (Å²) in [5.74, 6) is -1.52. The summed E-state index contributed by atoms with van der Waals surface area (Å²) < 4.78 is 5.55. The summed E-state index contributed by atoms with van der Waals surface area (Å²) >= 11 is 1.24. The molecule has 0 radical (unpaired) electrons. The van der Waals surface area contributed by atoms with Crippen LogP contribution in [0.5, 0.6) is 0 Å². The molecular formula is C15H23N3O7S. The van der Waals surface area contributed by atoms with Crippen LogP contribution in [0, 0.1) is 0 Å². The topological polar surface area (TPSA) is 140 Å². The summed E-state index contributed by atoms with van der Waals surface area (Å²) in [6.45, 7) is 1.01. The number of carbonyl (C=O) groups excluding carboxylic acids is 3. The van der Waals surface area contributed by atoms with Crippen LogP contribution in [-0.2, 0) is 14.3 Å². The van der Waals surface area contributed by atoms with Gasteiger partial charge in [0.1, 0.15) is 29.3 Å². The van der Waals surface area contributed by atoms with E-state index >= 15 is 0 Å². The van der Waals surface area contributed by atoms with Crippen molar-refractivity contribution < 1.29 is 34.4 Å². The van der Waals surface area contributed by atoms with Gasteiger partial charge in [-0.3, -0.25) is 19.4 Å². The molecule has 2 aliphatic heterocycles. The van der Waals surface area contributed by atoms with Crippen LogP contribution in [0.4, 0.5) is 4.79 Å². The van der Waals surface area contributed by atoms with E-state index in [1.807, 2.05) is 0 Å². The van der Waals surface area contributed by atoms with Crippen LogP contribution in [0.25, 0.3) is 0 Å². The molecule has 0 bridgehead atoms. The molecule has 0 aromatic carbocycles. The molecule has 26 heavy (non-hydrogen) atoms. The van der Waals surface area contributed by atoms with Gasteiger partial charge in [-0.2, -0.15) is 0 Å². The zero-order chi connectivity index (χ0) is 19.8. The summed E-state index contributed by atoms with van der Waals surface area (Å²) in [4.78, 5) is 38.1. The van der Waals surface area contributed by atoms with Crippen molar-refractivity contribution in [1.29, 1.82) is 0 Å². The zero-order valence-corrected chi connectivity index (χ0v) is 15.7. The number of urea groups is 1. The minimum absolute atomic E-state index is 0.146. The lowest BCUT2D eigenvalue weighted by atomic mass is 9.97. The van der Waals surface area contributed by atoms with Gasteiger partial charge in [0.05, 0.1) is 12.6 Å². The molecule has 0 saturated carbocycles. The van der Waals surface area contributed by atoms with Gasteiger partial charge in [-0.25, -0.2) is 4.79 Å². The van der Waals surface area contributed by atoms with Crippen molar-refractivity contribution in [3.8, 4) is 0 Å². The van der Waals surface area contributed by atoms with Gasteiger partial charge >= 0.3 is 6.03 Å². The van der Waals surface area contributed by atoms with Crippen LogP contribution in [0.2, 0.25) is 0 Å². The number of carbonyl (C=O) groups is 3. The average molecular weight is 389 g/mol. The monoisotopic (exact) mass is 389 g/mol. The van der Waals surface area contributed by atoms with E-state index in [9.17, 15) is 29.7 Å². The van der Waals surface area contributed by atoms with E-state index < -0.39 is 54.2 Å². The van der Waals surface area contributed by atoms with Crippen molar-refractivity contribution >= 4 is 29.6 Å². The van der Waals surface area contributed by atoms with E-state index in [1.165, 1.54) is 32.8 Å². The van der Waals surface area contributed by atoms with Crippen molar-refractivity contribution in [2.45, 2.75) is 36.7 Å². The first-order chi connectivity index (χ1) is 12.1. The standard InChI is InChI=1S/C15H23N3O7S/c1-6(8-12(22)17(2)15(24)18(3)13(8)23)16-9-11(21)10(20)7(5-19)25-14(9)26-4/h7,9-11,14,16,19-21H,5H2,1-4H3/t7-,9-,10-,11-,14+/m1/s1. The molecule has 0 aromatic rings. The fourth-order valence-corrected chi connectivity index (χ4v) is 3.68. The molecule has 4 amide bonds. The number of hydrogen-bond donors (Lipinski definition) is 4. The molecule has 2 saturated heterocycles. The number of amides is 4. The van der Waals surface area contributed by atoms with Gasteiger partial charge in [0.2, 0.25) is 0 Å². The number of likely N-dealkylation sites (N-methyl/N-ethyl adjacent to an activating group) is 2. The van der Waals surface area contributed by atoms with Crippen LogP contribution in [0.15, 0.2) is 11.3 Å². The molecule has 2 rings (SSSR count). The van der Waals surface area contributed by atoms with Gasteiger partial charge in [0.25, 0.3) is 11.8 Å². The number of aliphatic hydroxyl groups is 3. The van der Waals surface area contributed by atoms with Gasteiger partial charge in [-0.1, -0.05) is 0 Å². The number of barbiturate groups is 1. The van der Waals surface area contributed by atoms with Crippen LogP contribution >= 0.6 is 11.8 Å². The summed E-state index contributed by atoms with van der Waals surface area (Å²) in [6, 6.07) is -1.58. The molecule has 4 N–H and O–H groups in total. The van der Waals surface area contributed by atoms with E-state index in [-0.39, 0.29) is 11.3 Å². The van der Waals surface area contributed by atoms with Crippen molar-refractivity contribution in [3.05, 3.63) is 11.3 Å². The van der Waals surface area contributed by atoms with Gasteiger partial charge < -0.3 is 25.4 Å². The fourth-order valence-electron chi connectivity index (χ4n) is 2.91. The number of thioether (sulfide) groups is 1. The Morgan fingerprint density at radius 1 is 1.15 bits per heavy atom. The maximum atomic E-state index is 12.3. The third-order valence-electron chi connectivity index (χ3n) is 4.48. The predicted molar refractivity (Wildman–Crippen MR) is 91.8 cm³/mol. The SMILES string of the molecule is CS[C@@H]1O[C@H](CO)[C@@H](O)[C@H](O)[C@H]1NC(C)=C1C(=O)N(C)C(=O)N(C)C1=O. The second-order valence-electron chi connectivity index (χ2n) is 6.12. The highest BCUT2D eigenvalue weighted by molar-refractivity contribution is 7.99. The molecule has 2 aliphatic rings. The molecule has 0 unspecified atom stereocenters. The van der Waals surface area contributed by atoms with E-state index in [0.717, 1.165) is 9.80 Å². The number of rotatable bonds is 4. The average Bonchev–Trinajstić information content (AvgIpc) is 2.62. The van der Waals surface area contributed by atoms with Gasteiger partial charge in [0, 0.05) is 19.8 Å². The zero-order valence-electron chi connectivity index (χ0n) is 14.9. The summed E-state index contributed by atoms with van der Waals surface area (Å²) in [5.41, 5.74) is -0.736. The van der Waals surface area contributed by atoms with Crippen LogP contribution < -0.4 is 5.32 Å². The highest BCUT2D eigenvalue weighted by atomic mass is 32.2. The maximum Gasteiger partial charge on any atom is 0.333 e. The Balaban J connectivity index is 2.32. The van der Waals surface area contributed by atoms with Crippen molar-refractivity contribution in [1.82, 2.24) is 15.1 Å². The van der Waals surface area contributed by atoms with Crippen molar-refractivity contribution in [2.24, 2.45) is 0 Å². The second-order valence-corrected chi connectivity index (χ2v) is 7.06. The minimum Gasteiger partial charge on any atom is -0.394 e. The number of imide groups is 2. The number of hydrogen-bond acceptors (Lipinski definition) is 9. The van der Waals surface area contributed by atoms with Crippen LogP contribution in [0.1, 0.15) is 6.92 Å². The molecule has 10 nitrogen and oxygen atoms in total. The van der Waals surface area contributed by atoms with Crippen molar-refractivity contribution in [2.75, 3.05) is 27.0 Å². The largest absolute Gasteiger partial charge is 0.394 e. The number of nitrogens with zero attached hydrogens (tertiary/aromatic N) is 2. The van der Waals surface area contributed by atoms with E-state index in [4.69, 9.17) is 4.74 Å². The highest BCUT2D eigenvalue weighted by Gasteiger charge is 2.45. The van der Waals surface area contributed by atoms with Crippen LogP contribution in [-0.4, -0.2) is 99.7 Å². The Kier molecular flexibility index (Phi) is 6.29. The molecule has 2 heterocycles. The molecular weight excluding hydrogens is 366 g/mol. The summed E-state index contributed by atoms with van der Waals surface area (Å²) in [7, 11) is 2.53. The van der Waals surface area contributed by atoms with E-state index in [1.54, 1.807) is 6.26 Å². The molecule has 11 heteroatoms. The Morgan fingerprint density at radius 3 is 2.15 bits per heavy atom. The number of aliphatic hydroxyl groups excluding tert-OH is 3. The molecule has 0 spiro atoms. The second kappa shape index (κ2) is 7.92. The first-order valence-corrected chi connectivity index (χ1v) is 9.17. The number of nitrogens with one attached hydrogen (secondary N) is 1. The fraction of sp³-hybridized carbons (Fsp3) is 0.667. The van der Waals surface area contributed by atoms with E-state index in [0.29, 0.717) is 0 Å². The Morgan fingerprint density at radius 2 is 1.69 bits per heavy atom. The molecule has 0 aliphatic carbocycles. The Bertz CT molecular complexity index is 613. The molecule has 0 aromatic heterocycles. The normalized spacial score (nSPS) is 33.0. The third-order valence-corrected chi connectivity index (χ3v) is 5.35. The minimum atomic E-state index is -1.34. The van der Waals surface area contributed by atoms with Gasteiger partial charge in [-0.15, -0.1) is 11.8 Å². The van der Waals surface area contributed by atoms with Crippen molar-refractivity contribution in [3.63, 3.8) is 0 Å². The van der Waals surface area contributed by atoms with Gasteiger partial charge in [-0.05, 0) is 13.2 Å². The third kappa shape index (κ3) is 3.45. The quantitative estimate of drug-likeness (QED) is 0.320. The Hall–Kier alpha value is -1.66. The maximum absolute atomic E-state index is 12.3. The summed E-state index contributed by atoms with van der Waals surface area (Å²) in [6.07, 6.45) is -1.87. The predicted octanol–water partition coefficient (Wildman–Crippen LogP) is -1.93. The van der Waals surface area contributed by atoms with Gasteiger partial charge in [0.15, 0.2) is 0 Å². The number of ether oxygens (including phenoxy) is 1. The highest BCUT2D eigenvalue weighted by Crippen LogP contribution is 2.28. The molecule has 2 fully saturated rings. The molecule has 146 valence electrons. The lowest BCUT2D eigenvalue weighted by Crippen LogP contribution is -2.62. The number of allylic oxidation sites excluding steroid dienone is 1. The lowest BCUT2D eigenvalue weighted by Gasteiger charge is -2.43. The van der Waals surface area contributed by atoms with Crippen LogP contribution in [0.3, 0.4) is 0 Å². The summed E-state index contributed by atoms with van der Waals surface area (Å²) in [5, 5.41) is 32.6. The Labute approximate surface area is 154 Å².